The first kappa shape index (κ1) is 72.5. The number of rotatable bonds is 49. The van der Waals surface area contributed by atoms with Crippen LogP contribution in [0.4, 0.5) is 8.78 Å². The summed E-state index contributed by atoms with van der Waals surface area (Å²) < 4.78 is 50.8. The number of nitrogens with zero attached hydrogens (tertiary/aromatic N) is 2. The Kier molecular flexibility index (Phi) is 32.7. The molecule has 2 unspecified atom stereocenters. The van der Waals surface area contributed by atoms with E-state index in [1.807, 2.05) is 22.7 Å². The molecule has 0 aliphatic heterocycles. The predicted octanol–water partition coefficient (Wildman–Crippen LogP) is 29.3. The fraction of sp³-hybridized carbons (Fsp3) is 0.671. The molecule has 2 atom stereocenters. The molecule has 0 bridgehead atoms. The van der Waals surface area contributed by atoms with Crippen LogP contribution in [-0.2, 0) is 19.3 Å². The van der Waals surface area contributed by atoms with Crippen molar-refractivity contribution in [2.75, 3.05) is 0 Å². The van der Waals surface area contributed by atoms with Crippen molar-refractivity contribution in [1.82, 2.24) is 8.75 Å². The van der Waals surface area contributed by atoms with E-state index in [9.17, 15) is 0 Å². The van der Waals surface area contributed by atoms with Gasteiger partial charge >= 0.3 is 341 Å². The second-order valence-corrected chi connectivity index (χ2v) is 35.0. The number of aromatic nitrogens is 2. The maximum atomic E-state index is 17.7. The van der Waals surface area contributed by atoms with E-state index in [1.165, 1.54) is 326 Å². The monoisotopic (exact) mass is 1370 g/mol. The summed E-state index contributed by atoms with van der Waals surface area (Å²) in [4.78, 5) is 6.63. The Morgan fingerprint density at radius 1 is 0.416 bits per heavy atom. The summed E-state index contributed by atoms with van der Waals surface area (Å²) in [7, 11) is 0. The van der Waals surface area contributed by atoms with Gasteiger partial charge in [-0.2, -0.15) is 0 Å². The van der Waals surface area contributed by atoms with Crippen LogP contribution < -0.4 is 0 Å². The summed E-state index contributed by atoms with van der Waals surface area (Å²) in [6, 6.07) is 12.0. The first-order chi connectivity index (χ1) is 43.6. The molecule has 2 nitrogen and oxygen atoms in total. The SMILES string of the molecule is CCCCCCCCCCCCCCCCCCc1cc2c3cc(C)sc3c3sc(-c4sc(-c5c(F)c(F)c(-c6cc(CC(C)CCCCCCCCCC)c(C)s6)c6nsnc56)cc4CC(CCCCCCCC)CCCCCCCCCC)cc3c2[se]1. The van der Waals surface area contributed by atoms with E-state index in [4.69, 9.17) is 8.75 Å². The summed E-state index contributed by atoms with van der Waals surface area (Å²) in [5, 5.41) is 4.33. The summed E-state index contributed by atoms with van der Waals surface area (Å²) in [6.45, 7) is 16.0. The number of halogens is 2. The molecule has 6 heterocycles. The van der Waals surface area contributed by atoms with Gasteiger partial charge in [0.2, 0.25) is 0 Å². The summed E-state index contributed by atoms with van der Waals surface area (Å²) in [6.07, 6.45) is 58.1. The van der Waals surface area contributed by atoms with Crippen LogP contribution in [0.3, 0.4) is 0 Å². The second-order valence-electron chi connectivity index (χ2n) is 27.4. The van der Waals surface area contributed by atoms with Gasteiger partial charge in [-0.3, -0.25) is 0 Å². The van der Waals surface area contributed by atoms with E-state index in [2.05, 4.69) is 78.8 Å². The predicted molar refractivity (Wildman–Crippen MR) is 400 cm³/mol. The first-order valence-corrected chi connectivity index (χ1v) is 42.6. The van der Waals surface area contributed by atoms with Crippen molar-refractivity contribution in [1.29, 1.82) is 0 Å². The zero-order valence-electron chi connectivity index (χ0n) is 56.8. The molecule has 0 spiro atoms. The third kappa shape index (κ3) is 21.9. The Balaban J connectivity index is 1.05. The summed E-state index contributed by atoms with van der Waals surface area (Å²) in [5.41, 5.74) is 4.12. The van der Waals surface area contributed by atoms with Gasteiger partial charge in [0.1, 0.15) is 0 Å². The average Bonchev–Trinajstić information content (AvgIpc) is 1.75. The fourth-order valence-electron chi connectivity index (χ4n) is 14.2. The van der Waals surface area contributed by atoms with E-state index < -0.39 is 11.6 Å². The standard InChI is InChI=1S/C79H116F2N2S5Se/c1-8-12-16-20-24-27-28-29-30-31-32-33-34-37-41-45-49-63-55-65-64-51-58(6)84-77(64)78-66(79(65)89-63)56-69(87-78)76-62(52-60(47-43-39-23-19-15-11-4)48-44-40-36-26-22-18-14-10-3)54-68(86-76)71-73(81)72(80)70(74-75(71)83-88-82-74)67-53-61(59(7)85-67)50-57(5)46-42-38-35-25-21-17-13-9-2/h51,53-57,60H,8-50,52H2,1-7H3. The van der Waals surface area contributed by atoms with Gasteiger partial charge in [0, 0.05) is 4.88 Å². The molecule has 8 aromatic rings. The van der Waals surface area contributed by atoms with E-state index in [0.717, 1.165) is 34.3 Å². The molecule has 0 amide bonds. The van der Waals surface area contributed by atoms with Crippen LogP contribution in [0.1, 0.15) is 323 Å². The topological polar surface area (TPSA) is 25.8 Å². The molecule has 8 rings (SSSR count). The van der Waals surface area contributed by atoms with Gasteiger partial charge in [-0.05, 0) is 30.9 Å². The molecular formula is C79H116F2N2S5Se. The molecule has 10 heteroatoms. The number of benzene rings is 2. The number of hydrogen-bond acceptors (Lipinski definition) is 7. The van der Waals surface area contributed by atoms with Gasteiger partial charge < -0.3 is 0 Å². The van der Waals surface area contributed by atoms with Crippen molar-refractivity contribution in [3.05, 3.63) is 67.3 Å². The zero-order valence-corrected chi connectivity index (χ0v) is 62.5. The molecule has 89 heavy (non-hydrogen) atoms. The van der Waals surface area contributed by atoms with Gasteiger partial charge in [-0.15, -0.1) is 11.3 Å². The van der Waals surface area contributed by atoms with Crippen molar-refractivity contribution >= 4 is 112 Å². The van der Waals surface area contributed by atoms with E-state index in [1.54, 1.807) is 31.4 Å². The molecule has 0 fully saturated rings. The van der Waals surface area contributed by atoms with Gasteiger partial charge in [0.25, 0.3) is 0 Å². The zero-order chi connectivity index (χ0) is 62.6. The van der Waals surface area contributed by atoms with Crippen molar-refractivity contribution < 1.29 is 8.78 Å². The van der Waals surface area contributed by atoms with Crippen LogP contribution in [0.2, 0.25) is 0 Å². The van der Waals surface area contributed by atoms with Crippen molar-refractivity contribution in [2.45, 2.75) is 331 Å². The van der Waals surface area contributed by atoms with Crippen molar-refractivity contribution in [3.8, 4) is 30.6 Å². The normalized spacial score (nSPS) is 12.9. The number of unbranched alkanes of at least 4 members (excludes halogenated alkanes) is 34. The number of thiophene rings is 4. The molecule has 0 saturated carbocycles. The van der Waals surface area contributed by atoms with Crippen LogP contribution in [0.15, 0.2) is 30.3 Å². The van der Waals surface area contributed by atoms with Crippen LogP contribution in [0.5, 0.6) is 0 Å². The molecular weight excluding hydrogens is 1250 g/mol. The van der Waals surface area contributed by atoms with E-state index >= 15 is 8.78 Å². The minimum absolute atomic E-state index is 0.282. The van der Waals surface area contributed by atoms with Gasteiger partial charge in [0.05, 0.1) is 0 Å². The number of hydrogen-bond donors (Lipinski definition) is 0. The molecule has 2 aromatic carbocycles. The Morgan fingerprint density at radius 2 is 0.854 bits per heavy atom. The Morgan fingerprint density at radius 3 is 1.36 bits per heavy atom. The third-order valence-electron chi connectivity index (χ3n) is 19.6. The molecule has 0 N–H and O–H groups in total. The quantitative estimate of drug-likeness (QED) is 0.0281. The Bertz CT molecular complexity index is 3270. The Labute approximate surface area is 566 Å². The minimum atomic E-state index is -0.787. The first-order valence-electron chi connectivity index (χ1n) is 36.9. The molecule has 0 aliphatic rings. The van der Waals surface area contributed by atoms with Crippen LogP contribution in [-0.4, -0.2) is 23.3 Å². The Hall–Kier alpha value is -2.30. The third-order valence-corrected chi connectivity index (χ3v) is 27.5. The molecule has 0 aliphatic carbocycles. The maximum absolute atomic E-state index is 17.7. The van der Waals surface area contributed by atoms with E-state index in [0.29, 0.717) is 28.4 Å². The van der Waals surface area contributed by atoms with Gasteiger partial charge in [-0.25, -0.2) is 0 Å². The number of aryl methyl sites for hydroxylation is 3. The number of fused-ring (bicyclic) bond motifs is 7. The van der Waals surface area contributed by atoms with Crippen LogP contribution in [0.25, 0.3) is 71.5 Å². The van der Waals surface area contributed by atoms with Crippen molar-refractivity contribution in [3.63, 3.8) is 0 Å². The van der Waals surface area contributed by atoms with Crippen LogP contribution >= 0.6 is 57.1 Å². The van der Waals surface area contributed by atoms with Crippen LogP contribution in [0, 0.1) is 37.3 Å². The van der Waals surface area contributed by atoms with E-state index in [-0.39, 0.29) is 20.1 Å². The van der Waals surface area contributed by atoms with Gasteiger partial charge in [0.15, 0.2) is 0 Å². The molecule has 492 valence electrons. The van der Waals surface area contributed by atoms with Gasteiger partial charge in [-0.1, -0.05) is 182 Å². The molecule has 0 saturated heterocycles. The van der Waals surface area contributed by atoms with Crippen molar-refractivity contribution in [2.24, 2.45) is 11.8 Å². The fourth-order valence-corrected chi connectivity index (χ4v) is 22.3. The molecule has 0 radical (unpaired) electrons. The second kappa shape index (κ2) is 40.2. The molecule has 6 aromatic heterocycles. The summed E-state index contributed by atoms with van der Waals surface area (Å²) >= 11 is 8.55. The average molecular weight is 1370 g/mol. The summed E-state index contributed by atoms with van der Waals surface area (Å²) in [5.74, 6) is -0.500.